The monoisotopic (exact) mass is 239 g/mol. The second kappa shape index (κ2) is 4.93. The summed E-state index contributed by atoms with van der Waals surface area (Å²) >= 11 is 1.43. The van der Waals surface area contributed by atoms with E-state index in [2.05, 4.69) is 10.3 Å². The van der Waals surface area contributed by atoms with Crippen LogP contribution >= 0.6 is 11.3 Å². The highest BCUT2D eigenvalue weighted by molar-refractivity contribution is 7.13. The predicted octanol–water partition coefficient (Wildman–Crippen LogP) is 1.31. The Morgan fingerprint density at radius 1 is 1.69 bits per heavy atom. The molecule has 2 rings (SSSR count). The Bertz CT molecular complexity index is 377. The number of hydrogen-bond donors (Lipinski definition) is 2. The Morgan fingerprint density at radius 2 is 2.50 bits per heavy atom. The van der Waals surface area contributed by atoms with Crippen LogP contribution in [0.3, 0.4) is 0 Å². The summed E-state index contributed by atoms with van der Waals surface area (Å²) in [6.45, 7) is 2.56. The Labute approximate surface area is 99.3 Å². The van der Waals surface area contributed by atoms with Gasteiger partial charge in [-0.15, -0.1) is 11.3 Å². The fraction of sp³-hybridized carbons (Fsp3) is 0.636. The average Bonchev–Trinajstić information content (AvgIpc) is 2.86. The van der Waals surface area contributed by atoms with Crippen LogP contribution in [-0.4, -0.2) is 23.5 Å². The Hall–Kier alpha value is -0.940. The normalized spacial score (nSPS) is 24.6. The number of carbonyl (C=O) groups excluding carboxylic acids is 1. The number of nitrogens with zero attached hydrogens (tertiary/aromatic N) is 1. The van der Waals surface area contributed by atoms with Gasteiger partial charge in [-0.2, -0.15) is 0 Å². The molecule has 0 saturated heterocycles. The van der Waals surface area contributed by atoms with E-state index in [0.29, 0.717) is 17.3 Å². The van der Waals surface area contributed by atoms with Crippen LogP contribution in [0.15, 0.2) is 6.20 Å². The molecule has 1 aliphatic rings. The maximum absolute atomic E-state index is 11.9. The number of carbonyl (C=O) groups is 1. The molecule has 2 unspecified atom stereocenters. The fourth-order valence-corrected chi connectivity index (χ4v) is 2.90. The number of amides is 1. The van der Waals surface area contributed by atoms with Crippen LogP contribution in [-0.2, 0) is 0 Å². The van der Waals surface area contributed by atoms with Gasteiger partial charge in [0.2, 0.25) is 0 Å². The third-order valence-corrected chi connectivity index (χ3v) is 4.03. The first-order valence-electron chi connectivity index (χ1n) is 5.64. The summed E-state index contributed by atoms with van der Waals surface area (Å²) in [6, 6.07) is 0.250. The number of aryl methyl sites for hydroxylation is 1. The number of rotatable bonds is 3. The van der Waals surface area contributed by atoms with Gasteiger partial charge >= 0.3 is 0 Å². The van der Waals surface area contributed by atoms with Crippen LogP contribution in [0.5, 0.6) is 0 Å². The minimum absolute atomic E-state index is 0.00375. The summed E-state index contributed by atoms with van der Waals surface area (Å²) in [5.74, 6) is 0.439. The lowest BCUT2D eigenvalue weighted by Gasteiger charge is -2.18. The molecule has 1 fully saturated rings. The summed E-state index contributed by atoms with van der Waals surface area (Å²) in [4.78, 5) is 16.7. The highest BCUT2D eigenvalue weighted by Gasteiger charge is 2.27. The number of aromatic nitrogens is 1. The van der Waals surface area contributed by atoms with E-state index in [1.165, 1.54) is 11.3 Å². The fourth-order valence-electron chi connectivity index (χ4n) is 2.21. The van der Waals surface area contributed by atoms with Crippen molar-refractivity contribution in [2.75, 3.05) is 6.54 Å². The lowest BCUT2D eigenvalue weighted by Crippen LogP contribution is -2.39. The zero-order chi connectivity index (χ0) is 11.5. The molecule has 1 aliphatic carbocycles. The summed E-state index contributed by atoms with van der Waals surface area (Å²) in [5, 5.41) is 3.98. The van der Waals surface area contributed by atoms with Crippen molar-refractivity contribution in [3.8, 4) is 0 Å². The quantitative estimate of drug-likeness (QED) is 0.835. The molecule has 5 heteroatoms. The van der Waals surface area contributed by atoms with E-state index in [4.69, 9.17) is 5.73 Å². The number of nitrogens with one attached hydrogen (secondary N) is 1. The lowest BCUT2D eigenvalue weighted by molar-refractivity contribution is 0.0932. The molecular weight excluding hydrogens is 222 g/mol. The van der Waals surface area contributed by atoms with Crippen LogP contribution in [0, 0.1) is 12.8 Å². The first-order chi connectivity index (χ1) is 7.70. The van der Waals surface area contributed by atoms with E-state index in [1.54, 1.807) is 6.20 Å². The van der Waals surface area contributed by atoms with E-state index in [1.807, 2.05) is 6.92 Å². The zero-order valence-corrected chi connectivity index (χ0v) is 10.2. The Kier molecular flexibility index (Phi) is 3.56. The van der Waals surface area contributed by atoms with Crippen LogP contribution in [0.4, 0.5) is 0 Å². The third-order valence-electron chi connectivity index (χ3n) is 3.12. The minimum atomic E-state index is -0.00375. The van der Waals surface area contributed by atoms with Crippen LogP contribution in [0.1, 0.15) is 33.9 Å². The number of nitrogens with two attached hydrogens (primary N) is 1. The van der Waals surface area contributed by atoms with E-state index < -0.39 is 0 Å². The SMILES string of the molecule is Cc1ncc(C(=O)NC2CCCC2CN)s1. The van der Waals surface area contributed by atoms with Crippen LogP contribution < -0.4 is 11.1 Å². The first kappa shape index (κ1) is 11.5. The van der Waals surface area contributed by atoms with Gasteiger partial charge < -0.3 is 11.1 Å². The molecule has 1 aromatic rings. The molecule has 0 bridgehead atoms. The van der Waals surface area contributed by atoms with E-state index in [9.17, 15) is 4.79 Å². The number of thiazole rings is 1. The van der Waals surface area contributed by atoms with Crippen molar-refractivity contribution in [2.24, 2.45) is 11.7 Å². The van der Waals surface area contributed by atoms with Gasteiger partial charge in [0.1, 0.15) is 4.88 Å². The minimum Gasteiger partial charge on any atom is -0.348 e. The molecule has 1 amide bonds. The molecule has 0 aromatic carbocycles. The standard InChI is InChI=1S/C11H17N3OS/c1-7-13-6-10(16-7)11(15)14-9-4-2-3-8(9)5-12/h6,8-9H,2-5,12H2,1H3,(H,14,15). The van der Waals surface area contributed by atoms with Gasteiger partial charge in [-0.3, -0.25) is 4.79 Å². The van der Waals surface area contributed by atoms with Crippen molar-refractivity contribution in [1.82, 2.24) is 10.3 Å². The van der Waals surface area contributed by atoms with Crippen molar-refractivity contribution < 1.29 is 4.79 Å². The average molecular weight is 239 g/mol. The lowest BCUT2D eigenvalue weighted by atomic mass is 10.0. The molecule has 1 saturated carbocycles. The molecule has 1 heterocycles. The molecule has 16 heavy (non-hydrogen) atoms. The molecular formula is C11H17N3OS. The molecule has 1 aromatic heterocycles. The van der Waals surface area contributed by atoms with Crippen molar-refractivity contribution >= 4 is 17.2 Å². The van der Waals surface area contributed by atoms with Gasteiger partial charge in [-0.1, -0.05) is 6.42 Å². The highest BCUT2D eigenvalue weighted by Crippen LogP contribution is 2.25. The summed E-state index contributed by atoms with van der Waals surface area (Å²) in [6.07, 6.45) is 4.98. The van der Waals surface area contributed by atoms with Gasteiger partial charge in [0.15, 0.2) is 0 Å². The van der Waals surface area contributed by atoms with Gasteiger partial charge in [0.25, 0.3) is 5.91 Å². The molecule has 0 spiro atoms. The van der Waals surface area contributed by atoms with Crippen molar-refractivity contribution in [3.05, 3.63) is 16.1 Å². The molecule has 0 aliphatic heterocycles. The van der Waals surface area contributed by atoms with Crippen LogP contribution in [0.25, 0.3) is 0 Å². The molecule has 3 N–H and O–H groups in total. The molecule has 0 radical (unpaired) electrons. The molecule has 88 valence electrons. The maximum atomic E-state index is 11.9. The van der Waals surface area contributed by atoms with E-state index in [-0.39, 0.29) is 11.9 Å². The van der Waals surface area contributed by atoms with Gasteiger partial charge in [-0.25, -0.2) is 4.98 Å². The largest absolute Gasteiger partial charge is 0.348 e. The van der Waals surface area contributed by atoms with Crippen molar-refractivity contribution in [1.29, 1.82) is 0 Å². The number of hydrogen-bond acceptors (Lipinski definition) is 4. The second-order valence-electron chi connectivity index (χ2n) is 4.25. The first-order valence-corrected chi connectivity index (χ1v) is 6.45. The van der Waals surface area contributed by atoms with Gasteiger partial charge in [0, 0.05) is 6.04 Å². The third kappa shape index (κ3) is 2.41. The molecule has 2 atom stereocenters. The Balaban J connectivity index is 1.97. The van der Waals surface area contributed by atoms with Gasteiger partial charge in [-0.05, 0) is 32.2 Å². The second-order valence-corrected chi connectivity index (χ2v) is 5.48. The zero-order valence-electron chi connectivity index (χ0n) is 9.40. The summed E-state index contributed by atoms with van der Waals surface area (Å²) in [5.41, 5.74) is 5.68. The summed E-state index contributed by atoms with van der Waals surface area (Å²) in [7, 11) is 0. The van der Waals surface area contributed by atoms with Crippen molar-refractivity contribution in [3.63, 3.8) is 0 Å². The van der Waals surface area contributed by atoms with Crippen molar-refractivity contribution in [2.45, 2.75) is 32.2 Å². The molecule has 4 nitrogen and oxygen atoms in total. The maximum Gasteiger partial charge on any atom is 0.263 e. The summed E-state index contributed by atoms with van der Waals surface area (Å²) < 4.78 is 0. The van der Waals surface area contributed by atoms with Gasteiger partial charge in [0.05, 0.1) is 11.2 Å². The van der Waals surface area contributed by atoms with E-state index in [0.717, 1.165) is 24.3 Å². The van der Waals surface area contributed by atoms with E-state index >= 15 is 0 Å². The smallest absolute Gasteiger partial charge is 0.263 e. The predicted molar refractivity (Wildman–Crippen MR) is 64.5 cm³/mol. The highest BCUT2D eigenvalue weighted by atomic mass is 32.1. The van der Waals surface area contributed by atoms with Crippen LogP contribution in [0.2, 0.25) is 0 Å². The Morgan fingerprint density at radius 3 is 3.12 bits per heavy atom. The topological polar surface area (TPSA) is 68.0 Å².